The predicted octanol–water partition coefficient (Wildman–Crippen LogP) is 3.28. The molecule has 1 saturated heterocycles. The van der Waals surface area contributed by atoms with Crippen molar-refractivity contribution in [2.75, 3.05) is 28.5 Å². The summed E-state index contributed by atoms with van der Waals surface area (Å²) < 4.78 is 51.7. The van der Waals surface area contributed by atoms with E-state index in [0.29, 0.717) is 5.69 Å². The monoisotopic (exact) mass is 411 g/mol. The van der Waals surface area contributed by atoms with Gasteiger partial charge in [-0.2, -0.15) is 13.2 Å². The Hall–Kier alpha value is -2.42. The summed E-state index contributed by atoms with van der Waals surface area (Å²) >= 11 is 0. The number of rotatable bonds is 3. The van der Waals surface area contributed by atoms with Gasteiger partial charge < -0.3 is 9.80 Å². The summed E-state index contributed by atoms with van der Waals surface area (Å²) in [7, 11) is 0.240. The number of alkyl halides is 3. The third-order valence-corrected chi connectivity index (χ3v) is 5.82. The lowest BCUT2D eigenvalue weighted by molar-refractivity contribution is -0.137. The minimum absolute atomic E-state index is 0.00849. The quantitative estimate of drug-likeness (QED) is 0.778. The highest BCUT2D eigenvalue weighted by Gasteiger charge is 2.39. The van der Waals surface area contributed by atoms with E-state index in [1.807, 2.05) is 25.1 Å². The van der Waals surface area contributed by atoms with Crippen molar-refractivity contribution in [3.8, 4) is 0 Å². The molecule has 1 aromatic carbocycles. The molecule has 1 aromatic heterocycles. The minimum Gasteiger partial charge on any atom is -0.332 e. The van der Waals surface area contributed by atoms with Crippen LogP contribution < -0.4 is 9.80 Å². The summed E-state index contributed by atoms with van der Waals surface area (Å²) in [6.07, 6.45) is -4.53. The van der Waals surface area contributed by atoms with E-state index in [4.69, 9.17) is 0 Å². The van der Waals surface area contributed by atoms with Crippen molar-refractivity contribution in [1.82, 2.24) is 4.98 Å². The number of anilines is 2. The number of carbonyl (C=O) groups is 1. The van der Waals surface area contributed by atoms with Crippen LogP contribution >= 0.6 is 0 Å². The average Bonchev–Trinajstić information content (AvgIpc) is 3.01. The lowest BCUT2D eigenvalue weighted by Gasteiger charge is -2.28. The summed E-state index contributed by atoms with van der Waals surface area (Å²) in [6.45, 7) is 3.36. The molecule has 28 heavy (non-hydrogen) atoms. The fourth-order valence-corrected chi connectivity index (χ4v) is 4.55. The molecule has 2 atom stereocenters. The van der Waals surface area contributed by atoms with Gasteiger partial charge >= 0.3 is 6.18 Å². The second kappa shape index (κ2) is 7.54. The molecule has 0 N–H and O–H groups in total. The van der Waals surface area contributed by atoms with E-state index in [1.54, 1.807) is 13.1 Å². The van der Waals surface area contributed by atoms with Crippen molar-refractivity contribution in [2.24, 2.45) is 0 Å². The van der Waals surface area contributed by atoms with Gasteiger partial charge in [0.25, 0.3) is 0 Å². The van der Waals surface area contributed by atoms with E-state index in [2.05, 4.69) is 4.98 Å². The summed E-state index contributed by atoms with van der Waals surface area (Å²) in [5.74, 6) is -0.319. The molecule has 3 rings (SSSR count). The van der Waals surface area contributed by atoms with Crippen molar-refractivity contribution < 1.29 is 22.2 Å². The van der Waals surface area contributed by atoms with Gasteiger partial charge in [-0.1, -0.05) is 12.1 Å². The van der Waals surface area contributed by atoms with Crippen molar-refractivity contribution >= 4 is 28.2 Å². The molecule has 0 bridgehead atoms. The first-order valence-electron chi connectivity index (χ1n) is 8.58. The van der Waals surface area contributed by atoms with E-state index >= 15 is 0 Å². The highest BCUT2D eigenvalue weighted by molar-refractivity contribution is 7.85. The number of aromatic nitrogens is 1. The Morgan fingerprint density at radius 1 is 1.25 bits per heavy atom. The van der Waals surface area contributed by atoms with Gasteiger partial charge in [0, 0.05) is 29.2 Å². The maximum atomic E-state index is 13.2. The van der Waals surface area contributed by atoms with Gasteiger partial charge in [-0.3, -0.25) is 9.00 Å². The fourth-order valence-electron chi connectivity index (χ4n) is 3.14. The zero-order valence-electron chi connectivity index (χ0n) is 15.7. The molecule has 1 aliphatic heterocycles. The lowest BCUT2D eigenvalue weighted by Crippen LogP contribution is -2.46. The maximum Gasteiger partial charge on any atom is 0.416 e. The van der Waals surface area contributed by atoms with Crippen LogP contribution in [0.2, 0.25) is 0 Å². The maximum absolute atomic E-state index is 13.2. The van der Waals surface area contributed by atoms with Gasteiger partial charge in [0.2, 0.25) is 5.91 Å². The number of pyridine rings is 1. The van der Waals surface area contributed by atoms with E-state index < -0.39 is 28.6 Å². The van der Waals surface area contributed by atoms with Crippen molar-refractivity contribution in [2.45, 2.75) is 26.1 Å². The molecule has 0 aliphatic carbocycles. The van der Waals surface area contributed by atoms with Crippen LogP contribution in [0, 0.1) is 13.8 Å². The molecule has 2 heterocycles. The molecule has 1 unspecified atom stereocenters. The molecular weight excluding hydrogens is 391 g/mol. The van der Waals surface area contributed by atoms with Gasteiger partial charge in [-0.05, 0) is 43.7 Å². The van der Waals surface area contributed by atoms with Crippen LogP contribution in [0.4, 0.5) is 24.7 Å². The van der Waals surface area contributed by atoms with Gasteiger partial charge in [-0.15, -0.1) is 0 Å². The van der Waals surface area contributed by atoms with Crippen LogP contribution in [0.5, 0.6) is 0 Å². The zero-order chi connectivity index (χ0) is 20.6. The van der Waals surface area contributed by atoms with Crippen LogP contribution in [0.15, 0.2) is 36.4 Å². The van der Waals surface area contributed by atoms with Gasteiger partial charge in [-0.25, -0.2) is 4.98 Å². The van der Waals surface area contributed by atoms with E-state index in [-0.39, 0.29) is 29.0 Å². The Morgan fingerprint density at radius 3 is 2.61 bits per heavy atom. The normalized spacial score (nSPS) is 19.7. The number of nitrogens with zero attached hydrogens (tertiary/aromatic N) is 3. The Kier molecular flexibility index (Phi) is 5.47. The van der Waals surface area contributed by atoms with Crippen LogP contribution in [0.25, 0.3) is 0 Å². The number of aryl methyl sites for hydroxylation is 2. The molecule has 2 aromatic rings. The highest BCUT2D eigenvalue weighted by Crippen LogP contribution is 2.33. The first-order valence-corrected chi connectivity index (χ1v) is 10.1. The smallest absolute Gasteiger partial charge is 0.332 e. The molecule has 1 aliphatic rings. The molecule has 1 amide bonds. The topological polar surface area (TPSA) is 53.5 Å². The molecule has 5 nitrogen and oxygen atoms in total. The van der Waals surface area contributed by atoms with Crippen LogP contribution in [-0.2, 0) is 21.8 Å². The lowest BCUT2D eigenvalue weighted by atomic mass is 10.1. The molecule has 0 saturated carbocycles. The van der Waals surface area contributed by atoms with Gasteiger partial charge in [0.15, 0.2) is 0 Å². The molecule has 0 spiro atoms. The third kappa shape index (κ3) is 4.19. The zero-order valence-corrected chi connectivity index (χ0v) is 16.5. The fraction of sp³-hybridized carbons (Fsp3) is 0.368. The average molecular weight is 411 g/mol. The highest BCUT2D eigenvalue weighted by atomic mass is 32.2. The first kappa shape index (κ1) is 20.3. The minimum atomic E-state index is -4.53. The van der Waals surface area contributed by atoms with Crippen LogP contribution in [-0.4, -0.2) is 39.8 Å². The van der Waals surface area contributed by atoms with E-state index in [1.165, 1.54) is 16.7 Å². The summed E-state index contributed by atoms with van der Waals surface area (Å²) in [4.78, 5) is 20.1. The SMILES string of the molecule is Cc1cccc(N(C)C(=O)[C@@H]2CS(=O)CN2c2cc(C(F)(F)F)cc(C)n2)c1. The number of hydrogen-bond donors (Lipinski definition) is 0. The standard InChI is InChI=1S/C19H20F3N3O2S/c1-12-5-4-6-15(7-12)24(3)18(26)16-10-28(27)11-25(16)17-9-14(19(20,21)22)8-13(2)23-17/h4-9,16H,10-11H2,1-3H3/t16-,28?/m0/s1. The number of halogens is 3. The Bertz CT molecular complexity index is 933. The number of benzene rings is 1. The van der Waals surface area contributed by atoms with Gasteiger partial charge in [0.1, 0.15) is 11.9 Å². The molecule has 150 valence electrons. The Labute approximate surface area is 163 Å². The first-order chi connectivity index (χ1) is 13.1. The van der Waals surface area contributed by atoms with Crippen molar-refractivity contribution in [1.29, 1.82) is 0 Å². The molecule has 0 radical (unpaired) electrons. The third-order valence-electron chi connectivity index (χ3n) is 4.57. The van der Waals surface area contributed by atoms with E-state index in [0.717, 1.165) is 17.7 Å². The second-order valence-electron chi connectivity index (χ2n) is 6.81. The number of carbonyl (C=O) groups excluding carboxylic acids is 1. The van der Waals surface area contributed by atoms with Crippen LogP contribution in [0.3, 0.4) is 0 Å². The molecule has 1 fully saturated rings. The Morgan fingerprint density at radius 2 is 1.96 bits per heavy atom. The van der Waals surface area contributed by atoms with Gasteiger partial charge in [0.05, 0.1) is 17.2 Å². The summed E-state index contributed by atoms with van der Waals surface area (Å²) in [5.41, 5.74) is 0.974. The summed E-state index contributed by atoms with van der Waals surface area (Å²) in [6, 6.07) is 8.33. The van der Waals surface area contributed by atoms with E-state index in [9.17, 15) is 22.2 Å². The number of likely N-dealkylation sites (N-methyl/N-ethyl adjacent to an activating group) is 1. The molecule has 9 heteroatoms. The largest absolute Gasteiger partial charge is 0.416 e. The Balaban J connectivity index is 1.94. The predicted molar refractivity (Wildman–Crippen MR) is 103 cm³/mol. The van der Waals surface area contributed by atoms with Crippen molar-refractivity contribution in [3.05, 3.63) is 53.2 Å². The van der Waals surface area contributed by atoms with Crippen LogP contribution in [0.1, 0.15) is 16.8 Å². The summed E-state index contributed by atoms with van der Waals surface area (Å²) in [5, 5.41) is 0. The molecular formula is C19H20F3N3O2S. The number of amides is 1. The second-order valence-corrected chi connectivity index (χ2v) is 8.28. The van der Waals surface area contributed by atoms with Crippen molar-refractivity contribution in [3.63, 3.8) is 0 Å². The number of hydrogen-bond acceptors (Lipinski definition) is 4.